The molecule has 2 N–H and O–H groups in total. The van der Waals surface area contributed by atoms with Gasteiger partial charge in [-0.05, 0) is 29.8 Å². The molecule has 0 fully saturated rings. The highest BCUT2D eigenvalue weighted by atomic mass is 35.5. The van der Waals surface area contributed by atoms with E-state index in [1.807, 2.05) is 18.2 Å². The number of hydrogen-bond acceptors (Lipinski definition) is 3. The molecule has 2 aromatic carbocycles. The van der Waals surface area contributed by atoms with Gasteiger partial charge in [-0.3, -0.25) is 4.79 Å². The van der Waals surface area contributed by atoms with Crippen molar-refractivity contribution in [3.63, 3.8) is 0 Å². The first kappa shape index (κ1) is 18.2. The zero-order valence-corrected chi connectivity index (χ0v) is 15.0. The van der Waals surface area contributed by atoms with Crippen LogP contribution in [0.4, 0.5) is 0 Å². The average Bonchev–Trinajstić information content (AvgIpc) is 2.62. The minimum absolute atomic E-state index is 0.0324. The third-order valence-corrected chi connectivity index (χ3v) is 4.46. The van der Waals surface area contributed by atoms with Gasteiger partial charge < -0.3 is 10.4 Å². The van der Waals surface area contributed by atoms with E-state index in [4.69, 9.17) is 23.2 Å². The average molecular weight is 389 g/mol. The van der Waals surface area contributed by atoms with Crippen molar-refractivity contribution in [1.29, 1.82) is 0 Å². The third-order valence-electron chi connectivity index (χ3n) is 3.87. The smallest absolute Gasteiger partial charge is 0.326 e. The summed E-state index contributed by atoms with van der Waals surface area (Å²) in [6.45, 7) is 0. The van der Waals surface area contributed by atoms with Crippen molar-refractivity contribution < 1.29 is 14.7 Å². The standard InChI is InChI=1S/C19H14Cl2N2O3/c20-13-7-5-12(14(21)10-13)9-17(19(25)26)23-18(24)16-8-6-11-3-1-2-4-15(11)22-16/h1-8,10,17H,9H2,(H,23,24)(H,25,26)/t17-/m1/s1. The van der Waals surface area contributed by atoms with Crippen molar-refractivity contribution >= 4 is 46.0 Å². The van der Waals surface area contributed by atoms with Crippen molar-refractivity contribution in [1.82, 2.24) is 10.3 Å². The molecule has 1 amide bonds. The van der Waals surface area contributed by atoms with Crippen molar-refractivity contribution in [2.45, 2.75) is 12.5 Å². The number of para-hydroxylation sites is 1. The fourth-order valence-corrected chi connectivity index (χ4v) is 3.02. The molecule has 0 saturated heterocycles. The van der Waals surface area contributed by atoms with Crippen molar-refractivity contribution in [2.24, 2.45) is 0 Å². The lowest BCUT2D eigenvalue weighted by Gasteiger charge is -2.15. The van der Waals surface area contributed by atoms with E-state index in [1.165, 1.54) is 6.07 Å². The molecule has 0 radical (unpaired) electrons. The van der Waals surface area contributed by atoms with Gasteiger partial charge in [-0.2, -0.15) is 0 Å². The van der Waals surface area contributed by atoms with E-state index in [-0.39, 0.29) is 12.1 Å². The monoisotopic (exact) mass is 388 g/mol. The predicted molar refractivity (Wildman–Crippen MR) is 101 cm³/mol. The van der Waals surface area contributed by atoms with Crippen LogP contribution in [0.25, 0.3) is 10.9 Å². The van der Waals surface area contributed by atoms with Gasteiger partial charge >= 0.3 is 5.97 Å². The largest absolute Gasteiger partial charge is 0.480 e. The van der Waals surface area contributed by atoms with Gasteiger partial charge in [0, 0.05) is 21.9 Å². The molecule has 0 spiro atoms. The Labute approximate surface area is 159 Å². The molecule has 0 aliphatic rings. The number of pyridine rings is 1. The van der Waals surface area contributed by atoms with Crippen LogP contribution >= 0.6 is 23.2 Å². The molecule has 0 aliphatic heterocycles. The number of carboxylic acid groups (broad SMARTS) is 1. The number of carbonyl (C=O) groups is 2. The lowest BCUT2D eigenvalue weighted by molar-refractivity contribution is -0.139. The zero-order valence-electron chi connectivity index (χ0n) is 13.4. The van der Waals surface area contributed by atoms with E-state index in [1.54, 1.807) is 30.3 Å². The summed E-state index contributed by atoms with van der Waals surface area (Å²) in [5.41, 5.74) is 1.39. The van der Waals surface area contributed by atoms with Crippen LogP contribution in [0.5, 0.6) is 0 Å². The molecular formula is C19H14Cl2N2O3. The summed E-state index contributed by atoms with van der Waals surface area (Å²) < 4.78 is 0. The van der Waals surface area contributed by atoms with Gasteiger partial charge in [0.2, 0.25) is 0 Å². The first-order valence-electron chi connectivity index (χ1n) is 7.77. The summed E-state index contributed by atoms with van der Waals surface area (Å²) in [6.07, 6.45) is 0.0324. The number of nitrogens with one attached hydrogen (secondary N) is 1. The number of rotatable bonds is 5. The maximum absolute atomic E-state index is 12.4. The van der Waals surface area contributed by atoms with Crippen LogP contribution in [0.2, 0.25) is 10.0 Å². The van der Waals surface area contributed by atoms with Gasteiger partial charge in [-0.25, -0.2) is 9.78 Å². The number of hydrogen-bond donors (Lipinski definition) is 2. The highest BCUT2D eigenvalue weighted by Gasteiger charge is 2.23. The minimum Gasteiger partial charge on any atom is -0.480 e. The zero-order chi connectivity index (χ0) is 18.7. The number of halogens is 2. The van der Waals surface area contributed by atoms with Crippen LogP contribution in [-0.2, 0) is 11.2 Å². The number of aromatic nitrogens is 1. The maximum Gasteiger partial charge on any atom is 0.326 e. The van der Waals surface area contributed by atoms with Crippen molar-refractivity contribution in [2.75, 3.05) is 0 Å². The Kier molecular flexibility index (Phi) is 5.40. The van der Waals surface area contributed by atoms with Gasteiger partial charge in [-0.15, -0.1) is 0 Å². The molecule has 132 valence electrons. The summed E-state index contributed by atoms with van der Waals surface area (Å²) in [4.78, 5) is 28.3. The van der Waals surface area contributed by atoms with Gasteiger partial charge in [0.05, 0.1) is 5.52 Å². The number of aliphatic carboxylic acids is 1. The van der Waals surface area contributed by atoms with Gasteiger partial charge in [0.15, 0.2) is 0 Å². The second-order valence-corrected chi connectivity index (χ2v) is 6.54. The molecule has 3 aromatic rings. The van der Waals surface area contributed by atoms with Gasteiger partial charge in [0.25, 0.3) is 5.91 Å². The molecule has 26 heavy (non-hydrogen) atoms. The first-order valence-corrected chi connectivity index (χ1v) is 8.53. The summed E-state index contributed by atoms with van der Waals surface area (Å²) in [5.74, 6) is -1.72. The number of carboxylic acids is 1. The first-order chi connectivity index (χ1) is 12.4. The molecule has 7 heteroatoms. The molecule has 1 atom stereocenters. The number of benzene rings is 2. The summed E-state index contributed by atoms with van der Waals surface area (Å²) in [6, 6.07) is 14.3. The molecule has 0 unspecified atom stereocenters. The minimum atomic E-state index is -1.16. The summed E-state index contributed by atoms with van der Waals surface area (Å²) in [7, 11) is 0. The Bertz CT molecular complexity index is 991. The van der Waals surface area contributed by atoms with Crippen molar-refractivity contribution in [3.8, 4) is 0 Å². The fraction of sp³-hybridized carbons (Fsp3) is 0.105. The Morgan fingerprint density at radius 3 is 2.58 bits per heavy atom. The maximum atomic E-state index is 12.4. The molecule has 0 saturated carbocycles. The van der Waals surface area contributed by atoms with Crippen molar-refractivity contribution in [3.05, 3.63) is 75.9 Å². The second-order valence-electron chi connectivity index (χ2n) is 5.69. The third kappa shape index (κ3) is 4.12. The number of amides is 1. The Balaban J connectivity index is 1.80. The number of nitrogens with zero attached hydrogens (tertiary/aromatic N) is 1. The van der Waals surface area contributed by atoms with E-state index in [2.05, 4.69) is 10.3 Å². The van der Waals surface area contributed by atoms with E-state index < -0.39 is 17.9 Å². The molecule has 5 nitrogen and oxygen atoms in total. The second kappa shape index (κ2) is 7.72. The van der Waals surface area contributed by atoms with Crippen LogP contribution in [0.3, 0.4) is 0 Å². The molecular weight excluding hydrogens is 375 g/mol. The van der Waals surface area contributed by atoms with Gasteiger partial charge in [-0.1, -0.05) is 53.5 Å². The van der Waals surface area contributed by atoms with Crippen LogP contribution < -0.4 is 5.32 Å². The van der Waals surface area contributed by atoms with Crippen LogP contribution in [-0.4, -0.2) is 28.0 Å². The van der Waals surface area contributed by atoms with E-state index in [0.717, 1.165) is 5.39 Å². The summed E-state index contributed by atoms with van der Waals surface area (Å²) >= 11 is 11.9. The highest BCUT2D eigenvalue weighted by Crippen LogP contribution is 2.22. The van der Waals surface area contributed by atoms with E-state index in [0.29, 0.717) is 21.1 Å². The van der Waals surface area contributed by atoms with Crippen LogP contribution in [0.15, 0.2) is 54.6 Å². The quantitative estimate of drug-likeness (QED) is 0.692. The highest BCUT2D eigenvalue weighted by molar-refractivity contribution is 6.35. The molecule has 1 heterocycles. The Hall–Kier alpha value is -2.63. The molecule has 1 aromatic heterocycles. The topological polar surface area (TPSA) is 79.3 Å². The van der Waals surface area contributed by atoms with Crippen LogP contribution in [0, 0.1) is 0 Å². The fourth-order valence-electron chi connectivity index (χ4n) is 2.53. The van der Waals surface area contributed by atoms with Crippen LogP contribution in [0.1, 0.15) is 16.1 Å². The summed E-state index contributed by atoms with van der Waals surface area (Å²) in [5, 5.41) is 13.6. The lowest BCUT2D eigenvalue weighted by atomic mass is 10.1. The number of carbonyl (C=O) groups excluding carboxylic acids is 1. The molecule has 0 bridgehead atoms. The van der Waals surface area contributed by atoms with E-state index >= 15 is 0 Å². The lowest BCUT2D eigenvalue weighted by Crippen LogP contribution is -2.42. The number of fused-ring (bicyclic) bond motifs is 1. The predicted octanol–water partition coefficient (Wildman–Crippen LogP) is 3.97. The Morgan fingerprint density at radius 1 is 1.08 bits per heavy atom. The SMILES string of the molecule is O=C(N[C@H](Cc1ccc(Cl)cc1Cl)C(=O)O)c1ccc2ccccc2n1. The molecule has 0 aliphatic carbocycles. The van der Waals surface area contributed by atoms with E-state index in [9.17, 15) is 14.7 Å². The normalized spacial score (nSPS) is 11.9. The van der Waals surface area contributed by atoms with Gasteiger partial charge in [0.1, 0.15) is 11.7 Å². The molecule has 3 rings (SSSR count). The Morgan fingerprint density at radius 2 is 1.85 bits per heavy atom.